The second kappa shape index (κ2) is 4.79. The first kappa shape index (κ1) is 15.4. The first-order valence-electron chi connectivity index (χ1n) is 7.22. The number of hydrogen-bond donors (Lipinski definition) is 1. The Morgan fingerprint density at radius 3 is 1.72 bits per heavy atom. The van der Waals surface area contributed by atoms with Gasteiger partial charge in [-0.3, -0.25) is 0 Å². The van der Waals surface area contributed by atoms with Gasteiger partial charge in [-0.15, -0.1) is 0 Å². The summed E-state index contributed by atoms with van der Waals surface area (Å²) in [4.78, 5) is 2.53. The van der Waals surface area contributed by atoms with Gasteiger partial charge in [-0.05, 0) is 66.2 Å². The third-order valence-electron chi connectivity index (χ3n) is 3.86. The minimum atomic E-state index is 0.115. The topological polar surface area (TPSA) is 29.3 Å². The first-order valence-corrected chi connectivity index (χ1v) is 7.22. The van der Waals surface area contributed by atoms with Gasteiger partial charge in [0.2, 0.25) is 0 Å². The highest BCUT2D eigenvalue weighted by Gasteiger charge is 2.38. The molecule has 0 amide bonds. The molecule has 1 atom stereocenters. The highest BCUT2D eigenvalue weighted by atomic mass is 15.3. The summed E-state index contributed by atoms with van der Waals surface area (Å²) in [6.45, 7) is 18.3. The predicted octanol–water partition coefficient (Wildman–Crippen LogP) is 4.12. The predicted molar refractivity (Wildman–Crippen MR) is 80.1 cm³/mol. The van der Waals surface area contributed by atoms with Crippen molar-refractivity contribution in [3.8, 4) is 0 Å². The zero-order chi connectivity index (χ0) is 14.3. The van der Waals surface area contributed by atoms with Crippen molar-refractivity contribution in [2.75, 3.05) is 0 Å². The van der Waals surface area contributed by atoms with E-state index in [0.717, 1.165) is 18.5 Å². The summed E-state index contributed by atoms with van der Waals surface area (Å²) in [5.41, 5.74) is 9.06. The minimum Gasteiger partial charge on any atom is -0.401 e. The fourth-order valence-electron chi connectivity index (χ4n) is 3.37. The smallest absolute Gasteiger partial charge is 0.0335 e. The van der Waals surface area contributed by atoms with Gasteiger partial charge in [-0.25, -0.2) is 0 Å². The van der Waals surface area contributed by atoms with Crippen molar-refractivity contribution in [2.45, 2.75) is 79.3 Å². The summed E-state index contributed by atoms with van der Waals surface area (Å²) in [7, 11) is 0. The van der Waals surface area contributed by atoms with E-state index in [1.54, 1.807) is 0 Å². The largest absolute Gasteiger partial charge is 0.401 e. The maximum absolute atomic E-state index is 6.34. The zero-order valence-corrected chi connectivity index (χ0v) is 13.6. The Bertz CT molecular complexity index is 312. The van der Waals surface area contributed by atoms with E-state index in [1.807, 2.05) is 0 Å². The maximum atomic E-state index is 6.34. The van der Waals surface area contributed by atoms with Crippen LogP contribution in [0.2, 0.25) is 0 Å². The summed E-state index contributed by atoms with van der Waals surface area (Å²) in [5, 5.41) is 0. The van der Waals surface area contributed by atoms with Crippen molar-refractivity contribution in [3.63, 3.8) is 0 Å². The van der Waals surface area contributed by atoms with Crippen molar-refractivity contribution in [2.24, 2.45) is 17.6 Å². The molecule has 0 aromatic rings. The number of hydrogen-bond acceptors (Lipinski definition) is 2. The van der Waals surface area contributed by atoms with E-state index in [9.17, 15) is 0 Å². The van der Waals surface area contributed by atoms with E-state index in [4.69, 9.17) is 5.73 Å². The average Bonchev–Trinajstić information content (AvgIpc) is 2.43. The van der Waals surface area contributed by atoms with Crippen LogP contribution in [0, 0.1) is 11.8 Å². The first-order chi connectivity index (χ1) is 7.94. The third-order valence-corrected chi connectivity index (χ3v) is 3.86. The van der Waals surface area contributed by atoms with Crippen LogP contribution in [-0.4, -0.2) is 16.0 Å². The lowest BCUT2D eigenvalue weighted by Gasteiger charge is -2.48. The standard InChI is InChI=1S/C16H32N2/c1-11(2)12-9-13(17)14(10-12)18(15(3,4)5)16(6,7)8/h11-12H,9-10,17H2,1-8H3. The lowest BCUT2D eigenvalue weighted by atomic mass is 9.91. The molecular weight excluding hydrogens is 220 g/mol. The SMILES string of the molecule is CC(C)C1CC(N)=C(N(C(C)(C)C)C(C)(C)C)C1. The van der Waals surface area contributed by atoms with Gasteiger partial charge in [-0.2, -0.15) is 0 Å². The van der Waals surface area contributed by atoms with Gasteiger partial charge in [0.1, 0.15) is 0 Å². The maximum Gasteiger partial charge on any atom is 0.0335 e. The molecule has 0 spiro atoms. The Kier molecular flexibility index (Phi) is 4.10. The number of rotatable bonds is 2. The van der Waals surface area contributed by atoms with E-state index in [1.165, 1.54) is 5.70 Å². The van der Waals surface area contributed by atoms with Crippen LogP contribution in [0.25, 0.3) is 0 Å². The fraction of sp³-hybridized carbons (Fsp3) is 0.875. The van der Waals surface area contributed by atoms with E-state index in [-0.39, 0.29) is 11.1 Å². The monoisotopic (exact) mass is 252 g/mol. The molecule has 1 aliphatic rings. The fourth-order valence-corrected chi connectivity index (χ4v) is 3.37. The van der Waals surface area contributed by atoms with E-state index < -0.39 is 0 Å². The molecule has 0 bridgehead atoms. The molecular formula is C16H32N2. The van der Waals surface area contributed by atoms with Crippen LogP contribution in [-0.2, 0) is 0 Å². The van der Waals surface area contributed by atoms with Gasteiger partial charge in [0, 0.05) is 22.5 Å². The molecule has 106 valence electrons. The molecule has 0 aliphatic heterocycles. The summed E-state index contributed by atoms with van der Waals surface area (Å²) in [6, 6.07) is 0. The Morgan fingerprint density at radius 2 is 1.44 bits per heavy atom. The summed E-state index contributed by atoms with van der Waals surface area (Å²) in [6.07, 6.45) is 2.20. The van der Waals surface area contributed by atoms with E-state index >= 15 is 0 Å². The highest BCUT2D eigenvalue weighted by molar-refractivity contribution is 5.21. The van der Waals surface area contributed by atoms with Crippen molar-refractivity contribution < 1.29 is 0 Å². The summed E-state index contributed by atoms with van der Waals surface area (Å²) < 4.78 is 0. The number of nitrogens with zero attached hydrogens (tertiary/aromatic N) is 1. The van der Waals surface area contributed by atoms with Gasteiger partial charge in [0.15, 0.2) is 0 Å². The van der Waals surface area contributed by atoms with Crippen molar-refractivity contribution in [1.82, 2.24) is 4.90 Å². The summed E-state index contributed by atoms with van der Waals surface area (Å²) in [5.74, 6) is 1.43. The molecule has 0 aromatic carbocycles. The van der Waals surface area contributed by atoms with Crippen molar-refractivity contribution in [1.29, 1.82) is 0 Å². The van der Waals surface area contributed by atoms with Gasteiger partial charge in [0.05, 0.1) is 0 Å². The second-order valence-electron chi connectivity index (χ2n) is 8.06. The van der Waals surface area contributed by atoms with Crippen LogP contribution >= 0.6 is 0 Å². The van der Waals surface area contributed by atoms with Gasteiger partial charge < -0.3 is 10.6 Å². The van der Waals surface area contributed by atoms with Crippen molar-refractivity contribution in [3.05, 3.63) is 11.4 Å². The van der Waals surface area contributed by atoms with Gasteiger partial charge in [-0.1, -0.05) is 13.8 Å². The third kappa shape index (κ3) is 3.21. The lowest BCUT2D eigenvalue weighted by Crippen LogP contribution is -2.52. The minimum absolute atomic E-state index is 0.115. The molecule has 2 N–H and O–H groups in total. The molecule has 1 rings (SSSR count). The van der Waals surface area contributed by atoms with E-state index in [0.29, 0.717) is 11.8 Å². The second-order valence-corrected chi connectivity index (χ2v) is 8.06. The average molecular weight is 252 g/mol. The van der Waals surface area contributed by atoms with Crippen molar-refractivity contribution >= 4 is 0 Å². The molecule has 1 aliphatic carbocycles. The zero-order valence-electron chi connectivity index (χ0n) is 13.6. The Hall–Kier alpha value is -0.660. The van der Waals surface area contributed by atoms with E-state index in [2.05, 4.69) is 60.3 Å². The van der Waals surface area contributed by atoms with Gasteiger partial charge >= 0.3 is 0 Å². The number of allylic oxidation sites excluding steroid dienone is 2. The molecule has 0 aromatic heterocycles. The highest BCUT2D eigenvalue weighted by Crippen LogP contribution is 2.41. The quantitative estimate of drug-likeness (QED) is 0.801. The molecule has 0 saturated heterocycles. The number of nitrogens with two attached hydrogens (primary N) is 1. The molecule has 0 heterocycles. The van der Waals surface area contributed by atoms with Crippen LogP contribution in [0.4, 0.5) is 0 Å². The Balaban J connectivity index is 3.06. The molecule has 0 fully saturated rings. The normalized spacial score (nSPS) is 21.9. The molecule has 2 heteroatoms. The lowest BCUT2D eigenvalue weighted by molar-refractivity contribution is 0.0726. The molecule has 0 radical (unpaired) electrons. The van der Waals surface area contributed by atoms with Gasteiger partial charge in [0.25, 0.3) is 0 Å². The van der Waals surface area contributed by atoms with Crippen LogP contribution < -0.4 is 5.73 Å². The van der Waals surface area contributed by atoms with Crippen LogP contribution in [0.5, 0.6) is 0 Å². The van der Waals surface area contributed by atoms with Crippen LogP contribution in [0.1, 0.15) is 68.2 Å². The molecule has 1 unspecified atom stereocenters. The van der Waals surface area contributed by atoms with Crippen LogP contribution in [0.15, 0.2) is 11.4 Å². The van der Waals surface area contributed by atoms with Crippen LogP contribution in [0.3, 0.4) is 0 Å². The Labute approximate surface area is 114 Å². The summed E-state index contributed by atoms with van der Waals surface area (Å²) >= 11 is 0. The molecule has 2 nitrogen and oxygen atoms in total. The molecule has 18 heavy (non-hydrogen) atoms. The molecule has 0 saturated carbocycles. The Morgan fingerprint density at radius 1 is 1.00 bits per heavy atom.